The summed E-state index contributed by atoms with van der Waals surface area (Å²) in [7, 11) is 0. The molecule has 0 heterocycles. The first-order chi connectivity index (χ1) is 10.9. The molecule has 0 spiro atoms. The number of fused-ring (bicyclic) bond motifs is 3. The highest BCUT2D eigenvalue weighted by Gasteiger charge is 2.57. The lowest BCUT2D eigenvalue weighted by Gasteiger charge is -2.60. The number of hydrogen-bond acceptors (Lipinski definition) is 3. The molecule has 3 aliphatic rings. The number of aldehydes is 1. The molecule has 0 amide bonds. The van der Waals surface area contributed by atoms with Crippen LogP contribution in [0.15, 0.2) is 11.6 Å². The fourth-order valence-corrected chi connectivity index (χ4v) is 6.51. The minimum Gasteiger partial charge on any atom is -0.396 e. The van der Waals surface area contributed by atoms with Crippen molar-refractivity contribution in [3.8, 4) is 0 Å². The highest BCUT2D eigenvalue weighted by molar-refractivity contribution is 5.60. The van der Waals surface area contributed by atoms with Gasteiger partial charge in [-0.25, -0.2) is 0 Å². The summed E-state index contributed by atoms with van der Waals surface area (Å²) in [5.41, 5.74) is 1.19. The Bertz CT molecular complexity index is 499. The van der Waals surface area contributed by atoms with Crippen LogP contribution >= 0.6 is 0 Å². The summed E-state index contributed by atoms with van der Waals surface area (Å²) in [5, 5.41) is 20.2. The lowest BCUT2D eigenvalue weighted by Crippen LogP contribution is -2.55. The Balaban J connectivity index is 2.03. The van der Waals surface area contributed by atoms with E-state index in [1.165, 1.54) is 5.57 Å². The Morgan fingerprint density at radius 3 is 2.74 bits per heavy atom. The molecule has 0 aromatic heterocycles. The first-order valence-corrected chi connectivity index (χ1v) is 9.34. The van der Waals surface area contributed by atoms with Crippen molar-refractivity contribution in [3.05, 3.63) is 11.6 Å². The molecule has 23 heavy (non-hydrogen) atoms. The zero-order valence-electron chi connectivity index (χ0n) is 14.8. The zero-order chi connectivity index (χ0) is 16.8. The van der Waals surface area contributed by atoms with Gasteiger partial charge < -0.3 is 15.0 Å². The first kappa shape index (κ1) is 17.2. The number of aliphatic hydroxyl groups is 2. The van der Waals surface area contributed by atoms with E-state index in [9.17, 15) is 15.0 Å². The lowest BCUT2D eigenvalue weighted by atomic mass is 9.44. The maximum absolute atomic E-state index is 11.9. The van der Waals surface area contributed by atoms with E-state index in [2.05, 4.69) is 26.8 Å². The topological polar surface area (TPSA) is 57.5 Å². The molecule has 0 aromatic rings. The van der Waals surface area contributed by atoms with Crippen molar-refractivity contribution in [3.63, 3.8) is 0 Å². The molecule has 4 unspecified atom stereocenters. The van der Waals surface area contributed by atoms with Crippen molar-refractivity contribution >= 4 is 6.29 Å². The van der Waals surface area contributed by atoms with Crippen molar-refractivity contribution in [1.82, 2.24) is 0 Å². The lowest BCUT2D eigenvalue weighted by molar-refractivity contribution is -0.136. The van der Waals surface area contributed by atoms with Gasteiger partial charge in [-0.15, -0.1) is 0 Å². The smallest absolute Gasteiger partial charge is 0.126 e. The second kappa shape index (κ2) is 6.00. The Kier molecular flexibility index (Phi) is 4.48. The number of hydrogen-bond donors (Lipinski definition) is 2. The monoisotopic (exact) mass is 320 g/mol. The van der Waals surface area contributed by atoms with E-state index >= 15 is 0 Å². The van der Waals surface area contributed by atoms with Crippen LogP contribution in [0.3, 0.4) is 0 Å². The molecule has 0 aliphatic heterocycles. The molecule has 3 aliphatic carbocycles. The highest BCUT2D eigenvalue weighted by Crippen LogP contribution is 2.63. The zero-order valence-corrected chi connectivity index (χ0v) is 14.8. The molecule has 3 rings (SSSR count). The van der Waals surface area contributed by atoms with Gasteiger partial charge in [0.05, 0.1) is 6.10 Å². The van der Waals surface area contributed by atoms with Gasteiger partial charge in [-0.3, -0.25) is 0 Å². The summed E-state index contributed by atoms with van der Waals surface area (Å²) in [6.45, 7) is 6.82. The van der Waals surface area contributed by atoms with Crippen LogP contribution in [0.2, 0.25) is 0 Å². The average molecular weight is 320 g/mol. The summed E-state index contributed by atoms with van der Waals surface area (Å²) in [6, 6.07) is 0. The van der Waals surface area contributed by atoms with Gasteiger partial charge in [0.25, 0.3) is 0 Å². The van der Waals surface area contributed by atoms with Crippen molar-refractivity contribution in [2.45, 2.75) is 65.4 Å². The van der Waals surface area contributed by atoms with Crippen LogP contribution in [0.25, 0.3) is 0 Å². The molecule has 0 bridgehead atoms. The number of aliphatic hydroxyl groups excluding tert-OH is 2. The molecule has 0 aromatic carbocycles. The Hall–Kier alpha value is -0.670. The van der Waals surface area contributed by atoms with Gasteiger partial charge in [0.15, 0.2) is 0 Å². The van der Waals surface area contributed by atoms with Crippen LogP contribution in [0.5, 0.6) is 0 Å². The van der Waals surface area contributed by atoms with Crippen molar-refractivity contribution in [2.24, 2.45) is 34.5 Å². The number of allylic oxidation sites excluding steroid dienone is 1. The highest BCUT2D eigenvalue weighted by atomic mass is 16.3. The number of rotatable bonds is 3. The molecule has 0 saturated heterocycles. The van der Waals surface area contributed by atoms with Gasteiger partial charge in [-0.2, -0.15) is 0 Å². The van der Waals surface area contributed by atoms with E-state index in [0.717, 1.165) is 44.8 Å². The standard InChI is InChI=1S/C20H32O3/c1-4-17-16-6-5-14-9-15(23)7-8-20(14,3)18(16)13(11-21)10-19(17,2)12-22/h5,12-13,15-18,21,23H,4,6-11H2,1-3H3/t13?,15-,16?,17?,18?,19+,20-/m0/s1. The van der Waals surface area contributed by atoms with Crippen LogP contribution in [-0.2, 0) is 4.79 Å². The van der Waals surface area contributed by atoms with E-state index in [1.54, 1.807) is 0 Å². The van der Waals surface area contributed by atoms with Gasteiger partial charge in [-0.05, 0) is 61.2 Å². The number of carbonyl (C=O) groups is 1. The van der Waals surface area contributed by atoms with Gasteiger partial charge in [0.1, 0.15) is 6.29 Å². The fourth-order valence-electron chi connectivity index (χ4n) is 6.51. The Morgan fingerprint density at radius 1 is 1.39 bits per heavy atom. The van der Waals surface area contributed by atoms with E-state index < -0.39 is 0 Å². The Labute approximate surface area is 140 Å². The van der Waals surface area contributed by atoms with Gasteiger partial charge in [-0.1, -0.05) is 38.8 Å². The quantitative estimate of drug-likeness (QED) is 0.619. The first-order valence-electron chi connectivity index (χ1n) is 9.34. The SMILES string of the molecule is CCC1C2CC=C3C[C@@H](O)CC[C@]3(C)C2C(CO)C[C@]1(C)C=O. The summed E-state index contributed by atoms with van der Waals surface area (Å²) >= 11 is 0. The molecule has 2 N–H and O–H groups in total. The second-order valence-corrected chi connectivity index (χ2v) is 8.75. The maximum atomic E-state index is 11.9. The third kappa shape index (κ3) is 2.51. The predicted molar refractivity (Wildman–Crippen MR) is 90.8 cm³/mol. The average Bonchev–Trinajstić information content (AvgIpc) is 2.54. The van der Waals surface area contributed by atoms with Crippen molar-refractivity contribution in [1.29, 1.82) is 0 Å². The largest absolute Gasteiger partial charge is 0.396 e. The van der Waals surface area contributed by atoms with Crippen LogP contribution in [-0.4, -0.2) is 29.2 Å². The number of carbonyl (C=O) groups excluding carboxylic acids is 1. The Morgan fingerprint density at radius 2 is 2.13 bits per heavy atom. The van der Waals surface area contributed by atoms with Crippen LogP contribution in [0, 0.1) is 34.5 Å². The van der Waals surface area contributed by atoms with Crippen molar-refractivity contribution in [2.75, 3.05) is 6.61 Å². The molecule has 3 nitrogen and oxygen atoms in total. The van der Waals surface area contributed by atoms with Gasteiger partial charge in [0, 0.05) is 12.0 Å². The molecule has 7 atom stereocenters. The molecule has 130 valence electrons. The second-order valence-electron chi connectivity index (χ2n) is 8.75. The normalized spacial score (nSPS) is 49.8. The predicted octanol–water partition coefficient (Wildman–Crippen LogP) is 3.34. The summed E-state index contributed by atoms with van der Waals surface area (Å²) in [5.74, 6) is 1.51. The fraction of sp³-hybridized carbons (Fsp3) is 0.850. The molecule has 2 fully saturated rings. The minimum absolute atomic E-state index is 0.0905. The van der Waals surface area contributed by atoms with Crippen LogP contribution < -0.4 is 0 Å². The third-order valence-corrected chi connectivity index (χ3v) is 7.54. The van der Waals surface area contributed by atoms with E-state index in [4.69, 9.17) is 0 Å². The van der Waals surface area contributed by atoms with Crippen LogP contribution in [0.1, 0.15) is 59.3 Å². The van der Waals surface area contributed by atoms with E-state index in [0.29, 0.717) is 17.8 Å². The van der Waals surface area contributed by atoms with E-state index in [-0.39, 0.29) is 29.5 Å². The molecule has 0 radical (unpaired) electrons. The van der Waals surface area contributed by atoms with Crippen molar-refractivity contribution < 1.29 is 15.0 Å². The van der Waals surface area contributed by atoms with Crippen LogP contribution in [0.4, 0.5) is 0 Å². The van der Waals surface area contributed by atoms with Gasteiger partial charge in [0.2, 0.25) is 0 Å². The minimum atomic E-state index is -0.306. The molecule has 2 saturated carbocycles. The van der Waals surface area contributed by atoms with Gasteiger partial charge >= 0.3 is 0 Å². The molecular formula is C20H32O3. The molecule has 3 heteroatoms. The molecular weight excluding hydrogens is 288 g/mol. The summed E-state index contributed by atoms with van der Waals surface area (Å²) < 4.78 is 0. The maximum Gasteiger partial charge on any atom is 0.126 e. The summed E-state index contributed by atoms with van der Waals surface area (Å²) in [4.78, 5) is 11.9. The third-order valence-electron chi connectivity index (χ3n) is 7.54. The summed E-state index contributed by atoms with van der Waals surface area (Å²) in [6.07, 6.45) is 8.80. The van der Waals surface area contributed by atoms with E-state index in [1.807, 2.05) is 0 Å².